The number of alkyl halides is 3. The van der Waals surface area contributed by atoms with Gasteiger partial charge >= 0.3 is 5.97 Å². The van der Waals surface area contributed by atoms with Crippen LogP contribution in [0.1, 0.15) is 0 Å². The van der Waals surface area contributed by atoms with E-state index in [1.165, 1.54) is 0 Å². The Bertz CT molecular complexity index is 87.8. The van der Waals surface area contributed by atoms with Gasteiger partial charge in [-0.3, -0.25) is 0 Å². The molecular weight excluding hydrogens is 363 g/mol. The molecule has 0 fully saturated rings. The van der Waals surface area contributed by atoms with E-state index in [4.69, 9.17) is 39.9 Å². The van der Waals surface area contributed by atoms with Gasteiger partial charge in [-0.25, -0.2) is 4.79 Å². The summed E-state index contributed by atoms with van der Waals surface area (Å²) in [4.78, 5) is 9.62. The second-order valence-corrected chi connectivity index (χ2v) is 3.08. The Balaban J connectivity index is 0. The molecule has 0 rings (SSSR count). The van der Waals surface area contributed by atoms with Gasteiger partial charge in [-0.2, -0.15) is 0 Å². The van der Waals surface area contributed by atoms with Gasteiger partial charge in [0.2, 0.25) is 0 Å². The number of carboxylic acids is 1. The maximum atomic E-state index is 9.62. The zero-order chi connectivity index (χ0) is 6.08. The Kier molecular flexibility index (Phi) is 6.22. The molecule has 8 heavy (non-hydrogen) atoms. The van der Waals surface area contributed by atoms with Crippen molar-refractivity contribution in [1.29, 1.82) is 0 Å². The molecule has 0 aliphatic rings. The Hall–Kier alpha value is 1.28. The molecule has 44 valence electrons. The topological polar surface area (TPSA) is 37.3 Å². The summed E-state index contributed by atoms with van der Waals surface area (Å²) in [5.74, 6) is -1.46. The first-order chi connectivity index (χ1) is 2.94. The van der Waals surface area contributed by atoms with Crippen LogP contribution in [0.4, 0.5) is 0 Å². The van der Waals surface area contributed by atoms with E-state index in [9.17, 15) is 4.79 Å². The van der Waals surface area contributed by atoms with Crippen LogP contribution in [0.5, 0.6) is 0 Å². The van der Waals surface area contributed by atoms with Crippen molar-refractivity contribution in [2.24, 2.45) is 0 Å². The van der Waals surface area contributed by atoms with Crippen molar-refractivity contribution in [3.05, 3.63) is 0 Å². The second kappa shape index (κ2) is 4.15. The predicted octanol–water partition coefficient (Wildman–Crippen LogP) is 1.44. The number of rotatable bonds is 0. The SMILES string of the molecule is O=C(O)C(Cl)(Cl)Cl.[Hg]. The molecule has 0 atom stereocenters. The third-order valence-electron chi connectivity index (χ3n) is 0.243. The van der Waals surface area contributed by atoms with E-state index in [0.717, 1.165) is 0 Å². The largest absolute Gasteiger partial charge is 0.478 e. The van der Waals surface area contributed by atoms with Crippen LogP contribution in [0.25, 0.3) is 0 Å². The summed E-state index contributed by atoms with van der Waals surface area (Å²) in [5, 5.41) is 7.85. The zero-order valence-corrected chi connectivity index (χ0v) is 11.5. The van der Waals surface area contributed by atoms with Crippen molar-refractivity contribution in [3.8, 4) is 0 Å². The van der Waals surface area contributed by atoms with E-state index in [1.807, 2.05) is 0 Å². The monoisotopic (exact) mass is 364 g/mol. The standard InChI is InChI=1S/C2HCl3O2.Hg/c3-2(4,5)1(6)7;/h(H,6,7);. The van der Waals surface area contributed by atoms with E-state index < -0.39 is 9.76 Å². The van der Waals surface area contributed by atoms with Crippen molar-refractivity contribution < 1.29 is 37.6 Å². The van der Waals surface area contributed by atoms with Crippen LogP contribution < -0.4 is 0 Å². The van der Waals surface area contributed by atoms with Crippen molar-refractivity contribution in [2.75, 3.05) is 0 Å². The van der Waals surface area contributed by atoms with Crippen LogP contribution >= 0.6 is 34.8 Å². The van der Waals surface area contributed by atoms with Crippen LogP contribution in [0.2, 0.25) is 0 Å². The molecule has 0 aromatic carbocycles. The molecule has 0 aliphatic carbocycles. The van der Waals surface area contributed by atoms with Gasteiger partial charge in [0.05, 0.1) is 0 Å². The third-order valence-corrected chi connectivity index (χ3v) is 0.728. The van der Waals surface area contributed by atoms with E-state index >= 15 is 0 Å². The molecule has 0 amide bonds. The summed E-state index contributed by atoms with van der Waals surface area (Å²) in [6, 6.07) is 0. The molecular formula is C2HCl3HgO2. The summed E-state index contributed by atoms with van der Waals surface area (Å²) >= 11 is 14.4. The number of carbonyl (C=O) groups is 1. The van der Waals surface area contributed by atoms with Crippen molar-refractivity contribution >= 4 is 40.8 Å². The molecule has 0 aromatic heterocycles. The fourth-order valence-corrected chi connectivity index (χ4v) is 0. The van der Waals surface area contributed by atoms with Gasteiger partial charge in [0.25, 0.3) is 3.79 Å². The van der Waals surface area contributed by atoms with Crippen LogP contribution in [0.3, 0.4) is 0 Å². The summed E-state index contributed by atoms with van der Waals surface area (Å²) in [7, 11) is 0. The van der Waals surface area contributed by atoms with Gasteiger partial charge in [0.15, 0.2) is 0 Å². The van der Waals surface area contributed by atoms with Crippen LogP contribution in [-0.4, -0.2) is 14.9 Å². The molecule has 0 bridgehead atoms. The molecule has 0 aliphatic heterocycles. The minimum absolute atomic E-state index is 0. The molecule has 0 heterocycles. The number of hydrogen-bond donors (Lipinski definition) is 1. The molecule has 0 spiro atoms. The first kappa shape index (κ1) is 12.0. The zero-order valence-electron chi connectivity index (χ0n) is 3.70. The molecule has 0 aromatic rings. The first-order valence-electron chi connectivity index (χ1n) is 1.24. The smallest absolute Gasteiger partial charge is 0.356 e. The predicted molar refractivity (Wildman–Crippen MR) is 27.9 cm³/mol. The van der Waals surface area contributed by atoms with Gasteiger partial charge < -0.3 is 5.11 Å². The maximum absolute atomic E-state index is 9.62. The number of aliphatic carboxylic acids is 1. The van der Waals surface area contributed by atoms with E-state index in [2.05, 4.69) is 0 Å². The van der Waals surface area contributed by atoms with Crippen LogP contribution in [0.15, 0.2) is 0 Å². The van der Waals surface area contributed by atoms with Gasteiger partial charge in [0, 0.05) is 27.7 Å². The minimum Gasteiger partial charge on any atom is -0.478 e. The summed E-state index contributed by atoms with van der Waals surface area (Å²) in [6.45, 7) is 0. The molecule has 2 nitrogen and oxygen atoms in total. The summed E-state index contributed by atoms with van der Waals surface area (Å²) in [5.41, 5.74) is 0. The molecule has 1 N–H and O–H groups in total. The molecule has 0 saturated carbocycles. The number of halogens is 3. The fourth-order valence-electron chi connectivity index (χ4n) is 0. The third kappa shape index (κ3) is 5.41. The number of carboxylic acid groups (broad SMARTS) is 1. The Morgan fingerprint density at radius 1 is 1.38 bits per heavy atom. The van der Waals surface area contributed by atoms with Crippen LogP contribution in [0, 0.1) is 0 Å². The van der Waals surface area contributed by atoms with Gasteiger partial charge in [-0.05, 0) is 0 Å². The number of hydrogen-bond acceptors (Lipinski definition) is 1. The summed E-state index contributed by atoms with van der Waals surface area (Å²) < 4.78 is -2.17. The normalized spacial score (nSPS) is 9.88. The molecule has 0 radical (unpaired) electrons. The average Bonchev–Trinajstić information content (AvgIpc) is 1.31. The van der Waals surface area contributed by atoms with Gasteiger partial charge in [-0.1, -0.05) is 34.8 Å². The molecule has 0 unspecified atom stereocenters. The van der Waals surface area contributed by atoms with Crippen molar-refractivity contribution in [1.82, 2.24) is 0 Å². The average molecular weight is 364 g/mol. The minimum atomic E-state index is -2.17. The van der Waals surface area contributed by atoms with E-state index in [1.54, 1.807) is 0 Å². The molecule has 0 saturated heterocycles. The van der Waals surface area contributed by atoms with Gasteiger partial charge in [0.1, 0.15) is 0 Å². The van der Waals surface area contributed by atoms with Crippen LogP contribution in [-0.2, 0) is 32.5 Å². The van der Waals surface area contributed by atoms with Crippen molar-refractivity contribution in [2.45, 2.75) is 3.79 Å². The first-order valence-corrected chi connectivity index (χ1v) is 2.38. The van der Waals surface area contributed by atoms with E-state index in [0.29, 0.717) is 0 Å². The fraction of sp³-hybridized carbons (Fsp3) is 0.500. The van der Waals surface area contributed by atoms with Crippen molar-refractivity contribution in [3.63, 3.8) is 0 Å². The molecule has 6 heteroatoms. The quantitative estimate of drug-likeness (QED) is 0.522. The second-order valence-electron chi connectivity index (χ2n) is 0.803. The van der Waals surface area contributed by atoms with Gasteiger partial charge in [-0.15, -0.1) is 0 Å². The Morgan fingerprint density at radius 2 is 1.50 bits per heavy atom. The maximum Gasteiger partial charge on any atom is 0.356 e. The Labute approximate surface area is 81.6 Å². The Morgan fingerprint density at radius 3 is 1.50 bits per heavy atom. The van der Waals surface area contributed by atoms with E-state index in [-0.39, 0.29) is 27.7 Å². The summed E-state index contributed by atoms with van der Waals surface area (Å²) in [6.07, 6.45) is 0.